The third kappa shape index (κ3) is 3.56. The first-order valence-corrected chi connectivity index (χ1v) is 10.5. The van der Waals surface area contributed by atoms with Crippen molar-refractivity contribution < 1.29 is 28.3 Å². The number of amides is 1. The summed E-state index contributed by atoms with van der Waals surface area (Å²) in [7, 11) is 1.50. The van der Waals surface area contributed by atoms with Crippen molar-refractivity contribution >= 4 is 34.3 Å². The molecule has 8 heteroatoms. The van der Waals surface area contributed by atoms with E-state index in [1.807, 2.05) is 0 Å². The Bertz CT molecular complexity index is 1400. The Kier molecular flexibility index (Phi) is 5.18. The lowest BCUT2D eigenvalue weighted by atomic mass is 9.95. The fraction of sp³-hybridized carbons (Fsp3) is 0.120. The van der Waals surface area contributed by atoms with E-state index in [1.165, 1.54) is 18.3 Å². The number of furan rings is 2. The van der Waals surface area contributed by atoms with Crippen LogP contribution >= 0.6 is 11.6 Å². The van der Waals surface area contributed by atoms with E-state index in [0.29, 0.717) is 33.1 Å². The van der Waals surface area contributed by atoms with Crippen LogP contribution in [0.4, 0.5) is 0 Å². The standard InChI is InChI=1S/C25H18ClNO6/c1-31-18-9-3-6-15-12-19(33-24(15)18)22(28)20-21(14-5-2-7-16(26)11-14)27(25(30)23(20)29)13-17-8-4-10-32-17/h2-12,21,29H,13H2,1H3. The lowest BCUT2D eigenvalue weighted by Crippen LogP contribution is -2.30. The zero-order valence-electron chi connectivity index (χ0n) is 17.4. The summed E-state index contributed by atoms with van der Waals surface area (Å²) in [6, 6.07) is 16.2. The molecule has 5 rings (SSSR count). The molecule has 166 valence electrons. The molecule has 7 nitrogen and oxygen atoms in total. The first-order valence-electron chi connectivity index (χ1n) is 10.1. The van der Waals surface area contributed by atoms with Crippen LogP contribution in [0.3, 0.4) is 0 Å². The van der Waals surface area contributed by atoms with Gasteiger partial charge in [-0.05, 0) is 42.0 Å². The number of ether oxygens (including phenoxy) is 1. The zero-order valence-corrected chi connectivity index (χ0v) is 18.2. The van der Waals surface area contributed by atoms with Gasteiger partial charge >= 0.3 is 0 Å². The third-order valence-corrected chi connectivity index (χ3v) is 5.81. The van der Waals surface area contributed by atoms with E-state index >= 15 is 0 Å². The second kappa shape index (κ2) is 8.18. The maximum atomic E-state index is 13.6. The van der Waals surface area contributed by atoms with Crippen LogP contribution in [0.2, 0.25) is 5.02 Å². The molecule has 4 aromatic rings. The number of aliphatic hydroxyl groups excluding tert-OH is 1. The molecule has 1 amide bonds. The van der Waals surface area contributed by atoms with Gasteiger partial charge in [0.2, 0.25) is 5.78 Å². The Morgan fingerprint density at radius 3 is 2.70 bits per heavy atom. The minimum Gasteiger partial charge on any atom is -0.503 e. The molecule has 0 fully saturated rings. The highest BCUT2D eigenvalue weighted by Gasteiger charge is 2.45. The van der Waals surface area contributed by atoms with Crippen molar-refractivity contribution in [3.63, 3.8) is 0 Å². The predicted octanol–water partition coefficient (Wildman–Crippen LogP) is 5.47. The fourth-order valence-corrected chi connectivity index (χ4v) is 4.28. The van der Waals surface area contributed by atoms with Gasteiger partial charge in [-0.1, -0.05) is 35.9 Å². The number of benzene rings is 2. The summed E-state index contributed by atoms with van der Waals surface area (Å²) >= 11 is 6.20. The molecule has 0 aliphatic carbocycles. The molecule has 1 aliphatic heterocycles. The fourth-order valence-electron chi connectivity index (χ4n) is 4.08. The van der Waals surface area contributed by atoms with Crippen molar-refractivity contribution in [2.24, 2.45) is 0 Å². The molecule has 2 aromatic heterocycles. The Labute approximate surface area is 193 Å². The molecular formula is C25H18ClNO6. The molecule has 1 N–H and O–H groups in total. The number of hydrogen-bond acceptors (Lipinski definition) is 6. The van der Waals surface area contributed by atoms with Gasteiger partial charge in [-0.2, -0.15) is 0 Å². The Morgan fingerprint density at radius 2 is 1.97 bits per heavy atom. The summed E-state index contributed by atoms with van der Waals surface area (Å²) in [5.41, 5.74) is 0.884. The van der Waals surface area contributed by atoms with Crippen LogP contribution in [0.15, 0.2) is 87.1 Å². The molecule has 3 heterocycles. The van der Waals surface area contributed by atoms with Crippen LogP contribution in [0.25, 0.3) is 11.0 Å². The normalized spacial score (nSPS) is 16.1. The highest BCUT2D eigenvalue weighted by Crippen LogP contribution is 2.41. The van der Waals surface area contributed by atoms with Crippen LogP contribution in [-0.4, -0.2) is 28.8 Å². The quantitative estimate of drug-likeness (QED) is 0.381. The van der Waals surface area contributed by atoms with Crippen molar-refractivity contribution in [3.05, 3.63) is 100 Å². The minimum absolute atomic E-state index is 0.0178. The minimum atomic E-state index is -0.885. The summed E-state index contributed by atoms with van der Waals surface area (Å²) in [6.07, 6.45) is 1.49. The van der Waals surface area contributed by atoms with Crippen LogP contribution in [-0.2, 0) is 11.3 Å². The number of hydrogen-bond donors (Lipinski definition) is 1. The number of halogens is 1. The van der Waals surface area contributed by atoms with Gasteiger partial charge in [0.25, 0.3) is 5.91 Å². The number of methoxy groups -OCH3 is 1. The van der Waals surface area contributed by atoms with Crippen molar-refractivity contribution in [1.29, 1.82) is 0 Å². The van der Waals surface area contributed by atoms with E-state index in [-0.39, 0.29) is 17.9 Å². The van der Waals surface area contributed by atoms with Gasteiger partial charge in [-0.25, -0.2) is 0 Å². The number of ketones is 1. The Balaban J connectivity index is 1.62. The molecule has 1 atom stereocenters. The summed E-state index contributed by atoms with van der Waals surface area (Å²) in [4.78, 5) is 28.0. The van der Waals surface area contributed by atoms with E-state index in [2.05, 4.69) is 0 Å². The molecular weight excluding hydrogens is 446 g/mol. The van der Waals surface area contributed by atoms with Crippen LogP contribution < -0.4 is 4.74 Å². The van der Waals surface area contributed by atoms with Crippen LogP contribution in [0.1, 0.15) is 27.9 Å². The number of carbonyl (C=O) groups is 2. The number of Topliss-reactive ketones (excluding diaryl/α,β-unsaturated/α-hetero) is 1. The number of para-hydroxylation sites is 1. The molecule has 0 radical (unpaired) electrons. The number of carbonyl (C=O) groups excluding carboxylic acids is 2. The molecule has 0 spiro atoms. The highest BCUT2D eigenvalue weighted by molar-refractivity contribution is 6.30. The van der Waals surface area contributed by atoms with Crippen molar-refractivity contribution in [2.45, 2.75) is 12.6 Å². The van der Waals surface area contributed by atoms with E-state index in [0.717, 1.165) is 0 Å². The first kappa shape index (κ1) is 20.9. The van der Waals surface area contributed by atoms with E-state index in [1.54, 1.807) is 60.7 Å². The number of fused-ring (bicyclic) bond motifs is 1. The first-order chi connectivity index (χ1) is 16.0. The van der Waals surface area contributed by atoms with Crippen molar-refractivity contribution in [2.75, 3.05) is 7.11 Å². The maximum Gasteiger partial charge on any atom is 0.290 e. The molecule has 1 unspecified atom stereocenters. The van der Waals surface area contributed by atoms with Crippen LogP contribution in [0.5, 0.6) is 5.75 Å². The number of aliphatic hydroxyl groups is 1. The lowest BCUT2D eigenvalue weighted by molar-refractivity contribution is -0.130. The number of rotatable bonds is 6. The summed E-state index contributed by atoms with van der Waals surface area (Å²) in [6.45, 7) is 0.0534. The topological polar surface area (TPSA) is 93.1 Å². The van der Waals surface area contributed by atoms with Gasteiger partial charge in [-0.15, -0.1) is 0 Å². The Hall–Kier alpha value is -3.97. The molecule has 1 aliphatic rings. The molecule has 0 saturated heterocycles. The molecule has 0 saturated carbocycles. The number of nitrogens with zero attached hydrogens (tertiary/aromatic N) is 1. The summed E-state index contributed by atoms with van der Waals surface area (Å²) in [5, 5.41) is 11.9. The van der Waals surface area contributed by atoms with Gasteiger partial charge in [-0.3, -0.25) is 9.59 Å². The van der Waals surface area contributed by atoms with Crippen LogP contribution in [0, 0.1) is 0 Å². The summed E-state index contributed by atoms with van der Waals surface area (Å²) < 4.78 is 16.5. The van der Waals surface area contributed by atoms with E-state index < -0.39 is 23.5 Å². The largest absolute Gasteiger partial charge is 0.503 e. The van der Waals surface area contributed by atoms with E-state index in [4.69, 9.17) is 25.2 Å². The predicted molar refractivity (Wildman–Crippen MR) is 120 cm³/mol. The van der Waals surface area contributed by atoms with Crippen molar-refractivity contribution in [3.8, 4) is 5.75 Å². The monoisotopic (exact) mass is 463 g/mol. The highest BCUT2D eigenvalue weighted by atomic mass is 35.5. The second-order valence-electron chi connectivity index (χ2n) is 7.55. The van der Waals surface area contributed by atoms with Gasteiger partial charge in [0.1, 0.15) is 5.76 Å². The van der Waals surface area contributed by atoms with Gasteiger partial charge in [0.05, 0.1) is 31.5 Å². The second-order valence-corrected chi connectivity index (χ2v) is 7.99. The smallest absolute Gasteiger partial charge is 0.290 e. The summed E-state index contributed by atoms with van der Waals surface area (Å²) in [5.74, 6) is -0.970. The molecule has 33 heavy (non-hydrogen) atoms. The lowest BCUT2D eigenvalue weighted by Gasteiger charge is -2.26. The third-order valence-electron chi connectivity index (χ3n) is 5.57. The van der Waals surface area contributed by atoms with E-state index in [9.17, 15) is 14.7 Å². The maximum absolute atomic E-state index is 13.6. The van der Waals surface area contributed by atoms with Gasteiger partial charge in [0, 0.05) is 10.4 Å². The molecule has 2 aromatic carbocycles. The Morgan fingerprint density at radius 1 is 1.15 bits per heavy atom. The van der Waals surface area contributed by atoms with Crippen molar-refractivity contribution in [1.82, 2.24) is 4.90 Å². The van der Waals surface area contributed by atoms with Gasteiger partial charge in [0.15, 0.2) is 22.9 Å². The zero-order chi connectivity index (χ0) is 23.1. The SMILES string of the molecule is COc1cccc2cc(C(=O)C3=C(O)C(=O)N(Cc4ccco4)C3c3cccc(Cl)c3)oc12. The average Bonchev–Trinajstić information content (AvgIpc) is 3.54. The van der Waals surface area contributed by atoms with Gasteiger partial charge < -0.3 is 23.6 Å². The molecule has 0 bridgehead atoms. The average molecular weight is 464 g/mol.